The highest BCUT2D eigenvalue weighted by atomic mass is 79.9. The van der Waals surface area contributed by atoms with Gasteiger partial charge in [0.15, 0.2) is 0 Å². The fraction of sp³-hybridized carbons (Fsp3) is 0.250. The molecule has 3 rings (SSSR count). The smallest absolute Gasteiger partial charge is 0.140 e. The normalized spacial score (nSPS) is 11.2. The van der Waals surface area contributed by atoms with Gasteiger partial charge in [-0.2, -0.15) is 0 Å². The van der Waals surface area contributed by atoms with E-state index in [0.29, 0.717) is 9.63 Å². The van der Waals surface area contributed by atoms with Crippen molar-refractivity contribution in [3.63, 3.8) is 0 Å². The van der Waals surface area contributed by atoms with Gasteiger partial charge in [0.1, 0.15) is 10.3 Å². The Bertz CT molecular complexity index is 811. The third-order valence-corrected chi connectivity index (χ3v) is 4.65. The molecule has 0 aromatic carbocycles. The maximum absolute atomic E-state index is 6.18. The third kappa shape index (κ3) is 2.58. The molecule has 0 radical (unpaired) electrons. The van der Waals surface area contributed by atoms with Gasteiger partial charge in [-0.05, 0) is 47.0 Å². The zero-order valence-electron chi connectivity index (χ0n) is 11.9. The van der Waals surface area contributed by atoms with Gasteiger partial charge in [0, 0.05) is 18.0 Å². The Morgan fingerprint density at radius 2 is 2.19 bits per heavy atom. The van der Waals surface area contributed by atoms with Crippen LogP contribution in [0.15, 0.2) is 35.2 Å². The lowest BCUT2D eigenvalue weighted by Crippen LogP contribution is -1.95. The topological polar surface area (TPSA) is 30.2 Å². The highest BCUT2D eigenvalue weighted by molar-refractivity contribution is 9.10. The standard InChI is InChI=1S/C16H15BrClN3/c1-3-5-13-14(11-8-12(18)15(17)19-9-11)20-16-10(2)6-4-7-21(13)16/h4,6-9H,3,5H2,1-2H3. The largest absolute Gasteiger partial charge is 0.303 e. The number of imidazole rings is 1. The van der Waals surface area contributed by atoms with E-state index >= 15 is 0 Å². The van der Waals surface area contributed by atoms with E-state index in [1.54, 1.807) is 0 Å². The summed E-state index contributed by atoms with van der Waals surface area (Å²) in [7, 11) is 0. The van der Waals surface area contributed by atoms with Crippen molar-refractivity contribution >= 4 is 33.2 Å². The van der Waals surface area contributed by atoms with Crippen LogP contribution < -0.4 is 0 Å². The van der Waals surface area contributed by atoms with E-state index in [4.69, 9.17) is 16.6 Å². The van der Waals surface area contributed by atoms with Crippen LogP contribution in [0.4, 0.5) is 0 Å². The second-order valence-electron chi connectivity index (χ2n) is 5.04. The molecule has 21 heavy (non-hydrogen) atoms. The van der Waals surface area contributed by atoms with E-state index in [1.165, 1.54) is 5.69 Å². The number of aromatic nitrogens is 3. The predicted molar refractivity (Wildman–Crippen MR) is 89.9 cm³/mol. The van der Waals surface area contributed by atoms with Crippen LogP contribution in [-0.2, 0) is 6.42 Å². The van der Waals surface area contributed by atoms with Crippen LogP contribution in [0.25, 0.3) is 16.9 Å². The van der Waals surface area contributed by atoms with Gasteiger partial charge in [-0.25, -0.2) is 9.97 Å². The molecule has 0 aliphatic rings. The Morgan fingerprint density at radius 3 is 2.90 bits per heavy atom. The lowest BCUT2D eigenvalue weighted by Gasteiger charge is -2.05. The molecule has 0 aliphatic heterocycles. The van der Waals surface area contributed by atoms with Crippen LogP contribution in [0.3, 0.4) is 0 Å². The number of nitrogens with zero attached hydrogens (tertiary/aromatic N) is 3. The second-order valence-corrected chi connectivity index (χ2v) is 6.20. The van der Waals surface area contributed by atoms with Gasteiger partial charge in [0.05, 0.1) is 16.4 Å². The molecular weight excluding hydrogens is 350 g/mol. The molecule has 5 heteroatoms. The van der Waals surface area contributed by atoms with Crippen molar-refractivity contribution in [1.29, 1.82) is 0 Å². The van der Waals surface area contributed by atoms with E-state index in [1.807, 2.05) is 12.3 Å². The molecule has 0 saturated heterocycles. The maximum Gasteiger partial charge on any atom is 0.140 e. The van der Waals surface area contributed by atoms with Gasteiger partial charge < -0.3 is 4.40 Å². The summed E-state index contributed by atoms with van der Waals surface area (Å²) in [6.07, 6.45) is 5.91. The quantitative estimate of drug-likeness (QED) is 0.607. The molecule has 3 heterocycles. The first-order valence-electron chi connectivity index (χ1n) is 6.89. The average Bonchev–Trinajstić information content (AvgIpc) is 2.83. The number of pyridine rings is 2. The van der Waals surface area contributed by atoms with Crippen molar-refractivity contribution in [3.05, 3.63) is 51.5 Å². The number of fused-ring (bicyclic) bond motifs is 1. The second kappa shape index (κ2) is 5.78. The first-order valence-corrected chi connectivity index (χ1v) is 8.07. The SMILES string of the molecule is CCCc1c(-c2cnc(Br)c(Cl)c2)nc2c(C)cccn12. The monoisotopic (exact) mass is 363 g/mol. The first-order chi connectivity index (χ1) is 10.1. The zero-order chi connectivity index (χ0) is 15.0. The van der Waals surface area contributed by atoms with Crippen molar-refractivity contribution in [2.75, 3.05) is 0 Å². The fourth-order valence-electron chi connectivity index (χ4n) is 2.51. The van der Waals surface area contributed by atoms with E-state index in [9.17, 15) is 0 Å². The molecule has 0 aliphatic carbocycles. The van der Waals surface area contributed by atoms with E-state index in [-0.39, 0.29) is 0 Å². The molecular formula is C16H15BrClN3. The molecule has 0 bridgehead atoms. The van der Waals surface area contributed by atoms with Crippen molar-refractivity contribution in [3.8, 4) is 11.3 Å². The Hall–Kier alpha value is -1.39. The van der Waals surface area contributed by atoms with Crippen molar-refractivity contribution in [2.24, 2.45) is 0 Å². The van der Waals surface area contributed by atoms with E-state index < -0.39 is 0 Å². The molecule has 3 aromatic rings. The summed E-state index contributed by atoms with van der Waals surface area (Å²) in [5.41, 5.74) is 5.28. The number of aryl methyl sites for hydroxylation is 2. The summed E-state index contributed by atoms with van der Waals surface area (Å²) in [5.74, 6) is 0. The maximum atomic E-state index is 6.18. The predicted octanol–water partition coefficient (Wildman–Crippen LogP) is 5.07. The number of hydrogen-bond donors (Lipinski definition) is 0. The lowest BCUT2D eigenvalue weighted by atomic mass is 10.1. The summed E-state index contributed by atoms with van der Waals surface area (Å²) in [4.78, 5) is 9.11. The number of hydrogen-bond acceptors (Lipinski definition) is 2. The van der Waals surface area contributed by atoms with Crippen molar-refractivity contribution in [1.82, 2.24) is 14.4 Å². The van der Waals surface area contributed by atoms with Gasteiger partial charge in [0.25, 0.3) is 0 Å². The fourth-order valence-corrected chi connectivity index (χ4v) is 2.89. The lowest BCUT2D eigenvalue weighted by molar-refractivity contribution is 0.869. The van der Waals surface area contributed by atoms with Crippen LogP contribution in [0, 0.1) is 6.92 Å². The van der Waals surface area contributed by atoms with Crippen LogP contribution in [0.2, 0.25) is 5.02 Å². The van der Waals surface area contributed by atoms with Crippen LogP contribution in [0.5, 0.6) is 0 Å². The summed E-state index contributed by atoms with van der Waals surface area (Å²) in [6, 6.07) is 6.04. The minimum atomic E-state index is 0.601. The summed E-state index contributed by atoms with van der Waals surface area (Å²) in [5, 5.41) is 0.601. The third-order valence-electron chi connectivity index (χ3n) is 3.50. The summed E-state index contributed by atoms with van der Waals surface area (Å²) in [6.45, 7) is 4.25. The molecule has 3 nitrogen and oxygen atoms in total. The van der Waals surface area contributed by atoms with Crippen molar-refractivity contribution in [2.45, 2.75) is 26.7 Å². The van der Waals surface area contributed by atoms with Gasteiger partial charge in [-0.1, -0.05) is 31.0 Å². The van der Waals surface area contributed by atoms with Crippen LogP contribution in [0.1, 0.15) is 24.6 Å². The Labute approximate surface area is 137 Å². The van der Waals surface area contributed by atoms with Gasteiger partial charge >= 0.3 is 0 Å². The molecule has 0 spiro atoms. The Balaban J connectivity index is 2.27. The summed E-state index contributed by atoms with van der Waals surface area (Å²) >= 11 is 9.51. The first kappa shape index (κ1) is 14.5. The highest BCUT2D eigenvalue weighted by Crippen LogP contribution is 2.30. The average molecular weight is 365 g/mol. The molecule has 0 unspecified atom stereocenters. The molecule has 3 aromatic heterocycles. The van der Waals surface area contributed by atoms with E-state index in [2.05, 4.69) is 57.5 Å². The number of halogens is 2. The van der Waals surface area contributed by atoms with Crippen molar-refractivity contribution < 1.29 is 0 Å². The van der Waals surface area contributed by atoms with Crippen LogP contribution in [-0.4, -0.2) is 14.4 Å². The molecule has 108 valence electrons. The Kier molecular flexibility index (Phi) is 4.00. The van der Waals surface area contributed by atoms with Crippen LogP contribution >= 0.6 is 27.5 Å². The Morgan fingerprint density at radius 1 is 1.38 bits per heavy atom. The highest BCUT2D eigenvalue weighted by Gasteiger charge is 2.15. The van der Waals surface area contributed by atoms with Gasteiger partial charge in [-0.3, -0.25) is 0 Å². The minimum Gasteiger partial charge on any atom is -0.303 e. The molecule has 0 N–H and O–H groups in total. The molecule has 0 saturated carbocycles. The van der Waals surface area contributed by atoms with E-state index in [0.717, 1.165) is 35.3 Å². The molecule has 0 amide bonds. The summed E-state index contributed by atoms with van der Waals surface area (Å²) < 4.78 is 2.83. The molecule has 0 atom stereocenters. The molecule has 0 fully saturated rings. The van der Waals surface area contributed by atoms with Gasteiger partial charge in [0.2, 0.25) is 0 Å². The van der Waals surface area contributed by atoms with Gasteiger partial charge in [-0.15, -0.1) is 0 Å². The minimum absolute atomic E-state index is 0.601. The zero-order valence-corrected chi connectivity index (χ0v) is 14.2. The number of rotatable bonds is 3.